The van der Waals surface area contributed by atoms with Crippen LogP contribution in [0.5, 0.6) is 0 Å². The molecule has 0 unspecified atom stereocenters. The number of halogens is 1. The van der Waals surface area contributed by atoms with Crippen molar-refractivity contribution >= 4 is 30.3 Å². The zero-order chi connectivity index (χ0) is 12.3. The SMILES string of the molecule is COCn1cc([C@H]2CN(SI)C[C@@H](C)O2)cn1. The van der Waals surface area contributed by atoms with E-state index in [0.29, 0.717) is 6.73 Å². The quantitative estimate of drug-likeness (QED) is 0.602. The molecule has 96 valence electrons. The van der Waals surface area contributed by atoms with Crippen molar-refractivity contribution in [3.05, 3.63) is 18.0 Å². The Labute approximate surface area is 118 Å². The van der Waals surface area contributed by atoms with Gasteiger partial charge in [-0.2, -0.15) is 5.10 Å². The van der Waals surface area contributed by atoms with Crippen LogP contribution in [0, 0.1) is 0 Å². The average Bonchev–Trinajstić information content (AvgIpc) is 2.77. The third-order valence-electron chi connectivity index (χ3n) is 2.61. The zero-order valence-electron chi connectivity index (χ0n) is 9.88. The first kappa shape index (κ1) is 13.6. The smallest absolute Gasteiger partial charge is 0.138 e. The Morgan fingerprint density at radius 2 is 2.47 bits per heavy atom. The van der Waals surface area contributed by atoms with Gasteiger partial charge >= 0.3 is 0 Å². The van der Waals surface area contributed by atoms with Crippen LogP contribution in [0.2, 0.25) is 0 Å². The maximum atomic E-state index is 5.94. The number of morpholine rings is 1. The second-order valence-electron chi connectivity index (χ2n) is 4.08. The molecule has 0 N–H and O–H groups in total. The van der Waals surface area contributed by atoms with E-state index < -0.39 is 0 Å². The lowest BCUT2D eigenvalue weighted by atomic mass is 10.1. The molecule has 2 atom stereocenters. The minimum atomic E-state index is 0.103. The van der Waals surface area contributed by atoms with Gasteiger partial charge in [0.15, 0.2) is 0 Å². The molecule has 2 heterocycles. The standard InChI is InChI=1S/C10H16IN3O2S/c1-8-4-14(17-11)6-10(16-8)9-3-12-13(5-9)7-15-2/h3,5,8,10H,4,6-7H2,1-2H3/t8-,10-/m1/s1. The van der Waals surface area contributed by atoms with Gasteiger partial charge in [-0.25, -0.2) is 8.99 Å². The normalized spacial score (nSPS) is 26.3. The molecule has 0 spiro atoms. The van der Waals surface area contributed by atoms with Gasteiger partial charge in [0.05, 0.1) is 18.4 Å². The van der Waals surface area contributed by atoms with Gasteiger partial charge in [0.1, 0.15) is 6.73 Å². The molecule has 0 aromatic carbocycles. The molecule has 5 nitrogen and oxygen atoms in total. The number of hydrogen-bond acceptors (Lipinski definition) is 5. The second kappa shape index (κ2) is 6.37. The van der Waals surface area contributed by atoms with Crippen LogP contribution in [0.1, 0.15) is 18.6 Å². The lowest BCUT2D eigenvalue weighted by Gasteiger charge is -2.34. The number of nitrogens with zero attached hydrogens (tertiary/aromatic N) is 3. The van der Waals surface area contributed by atoms with Crippen LogP contribution in [0.15, 0.2) is 12.4 Å². The number of hydrogen-bond donors (Lipinski definition) is 0. The molecule has 1 aliphatic rings. The van der Waals surface area contributed by atoms with Gasteiger partial charge in [0.2, 0.25) is 0 Å². The van der Waals surface area contributed by atoms with E-state index in [1.54, 1.807) is 20.9 Å². The van der Waals surface area contributed by atoms with Gasteiger partial charge in [-0.3, -0.25) is 0 Å². The summed E-state index contributed by atoms with van der Waals surface area (Å²) >= 11 is 2.31. The summed E-state index contributed by atoms with van der Waals surface area (Å²) in [6.07, 6.45) is 4.20. The van der Waals surface area contributed by atoms with E-state index in [-0.39, 0.29) is 12.2 Å². The van der Waals surface area contributed by atoms with Crippen molar-refractivity contribution < 1.29 is 9.47 Å². The van der Waals surface area contributed by atoms with Crippen molar-refractivity contribution in [2.75, 3.05) is 20.2 Å². The lowest BCUT2D eigenvalue weighted by Crippen LogP contribution is -2.38. The van der Waals surface area contributed by atoms with Crippen LogP contribution >= 0.6 is 30.3 Å². The van der Waals surface area contributed by atoms with Crippen LogP contribution in [0.25, 0.3) is 0 Å². The highest BCUT2D eigenvalue weighted by Crippen LogP contribution is 2.30. The molecular formula is C10H16IN3O2S. The Hall–Kier alpha value is 0.170. The predicted octanol–water partition coefficient (Wildman–Crippen LogP) is 2.25. The summed E-state index contributed by atoms with van der Waals surface area (Å²) in [5.74, 6) is 0. The van der Waals surface area contributed by atoms with Crippen molar-refractivity contribution in [1.29, 1.82) is 0 Å². The van der Waals surface area contributed by atoms with Crippen molar-refractivity contribution in [3.63, 3.8) is 0 Å². The van der Waals surface area contributed by atoms with Gasteiger partial charge in [0.25, 0.3) is 0 Å². The van der Waals surface area contributed by atoms with E-state index in [4.69, 9.17) is 9.47 Å². The van der Waals surface area contributed by atoms with Gasteiger partial charge in [-0.15, -0.1) is 0 Å². The fraction of sp³-hybridized carbons (Fsp3) is 0.700. The summed E-state index contributed by atoms with van der Waals surface area (Å²) in [7, 11) is 3.40. The number of rotatable bonds is 4. The minimum absolute atomic E-state index is 0.103. The van der Waals surface area contributed by atoms with Crippen molar-refractivity contribution in [2.45, 2.75) is 25.9 Å². The molecule has 1 saturated heterocycles. The van der Waals surface area contributed by atoms with E-state index in [1.165, 1.54) is 0 Å². The number of aromatic nitrogens is 2. The van der Waals surface area contributed by atoms with Crippen LogP contribution in [-0.4, -0.2) is 40.4 Å². The third kappa shape index (κ3) is 3.57. The highest BCUT2D eigenvalue weighted by molar-refractivity contribution is 14.2. The summed E-state index contributed by atoms with van der Waals surface area (Å²) in [6.45, 7) is 4.45. The van der Waals surface area contributed by atoms with Crippen molar-refractivity contribution in [2.24, 2.45) is 0 Å². The lowest BCUT2D eigenvalue weighted by molar-refractivity contribution is -0.0527. The molecule has 0 radical (unpaired) electrons. The summed E-state index contributed by atoms with van der Waals surface area (Å²) in [4.78, 5) is 0. The van der Waals surface area contributed by atoms with E-state index in [9.17, 15) is 0 Å². The first-order valence-corrected chi connectivity index (χ1v) is 8.75. The first-order valence-electron chi connectivity index (χ1n) is 5.43. The molecule has 7 heteroatoms. The Kier molecular flexibility index (Phi) is 5.10. The topological polar surface area (TPSA) is 39.5 Å². The van der Waals surface area contributed by atoms with Gasteiger partial charge in [-0.05, 0) is 16.0 Å². The minimum Gasteiger partial charge on any atom is -0.368 e. The maximum Gasteiger partial charge on any atom is 0.138 e. The molecule has 1 fully saturated rings. The molecule has 2 rings (SSSR count). The monoisotopic (exact) mass is 369 g/mol. The van der Waals surface area contributed by atoms with Crippen LogP contribution in [0.4, 0.5) is 0 Å². The van der Waals surface area contributed by atoms with E-state index in [1.807, 2.05) is 12.4 Å². The Morgan fingerprint density at radius 3 is 3.18 bits per heavy atom. The maximum absolute atomic E-state index is 5.94. The molecule has 1 aromatic rings. The zero-order valence-corrected chi connectivity index (χ0v) is 12.8. The largest absolute Gasteiger partial charge is 0.368 e. The second-order valence-corrected chi connectivity index (χ2v) is 5.92. The van der Waals surface area contributed by atoms with E-state index in [2.05, 4.69) is 37.5 Å². The molecule has 0 bridgehead atoms. The molecular weight excluding hydrogens is 353 g/mol. The third-order valence-corrected chi connectivity index (χ3v) is 4.78. The average molecular weight is 369 g/mol. The highest BCUT2D eigenvalue weighted by Gasteiger charge is 2.27. The fourth-order valence-corrected chi connectivity index (χ4v) is 3.32. The van der Waals surface area contributed by atoms with Gasteiger partial charge in [-0.1, -0.05) is 0 Å². The number of ether oxygens (including phenoxy) is 2. The summed E-state index contributed by atoms with van der Waals surface area (Å²) in [6, 6.07) is 0. The Morgan fingerprint density at radius 1 is 1.65 bits per heavy atom. The first-order chi connectivity index (χ1) is 8.22. The predicted molar refractivity (Wildman–Crippen MR) is 75.7 cm³/mol. The Bertz CT molecular complexity index is 363. The van der Waals surface area contributed by atoms with Crippen LogP contribution < -0.4 is 0 Å². The summed E-state index contributed by atoms with van der Waals surface area (Å²) in [5, 5.41) is 4.24. The molecule has 1 aliphatic heterocycles. The molecule has 1 aromatic heterocycles. The van der Waals surface area contributed by atoms with Crippen molar-refractivity contribution in [1.82, 2.24) is 14.1 Å². The molecule has 0 aliphatic carbocycles. The van der Waals surface area contributed by atoms with Crippen LogP contribution in [-0.2, 0) is 16.2 Å². The molecule has 0 saturated carbocycles. The molecule has 0 amide bonds. The highest BCUT2D eigenvalue weighted by atomic mass is 127. The summed E-state index contributed by atoms with van der Waals surface area (Å²) < 4.78 is 15.1. The Balaban J connectivity index is 2.04. The van der Waals surface area contributed by atoms with Gasteiger partial charge in [0, 0.05) is 53.2 Å². The van der Waals surface area contributed by atoms with Crippen molar-refractivity contribution in [3.8, 4) is 0 Å². The van der Waals surface area contributed by atoms with E-state index in [0.717, 1.165) is 18.7 Å². The van der Waals surface area contributed by atoms with Crippen LogP contribution in [0.3, 0.4) is 0 Å². The fourth-order valence-electron chi connectivity index (χ4n) is 1.90. The van der Waals surface area contributed by atoms with E-state index >= 15 is 0 Å². The molecule has 17 heavy (non-hydrogen) atoms. The van der Waals surface area contributed by atoms with Gasteiger partial charge < -0.3 is 9.47 Å². The summed E-state index contributed by atoms with van der Waals surface area (Å²) in [5.41, 5.74) is 1.11. The number of methoxy groups -OCH3 is 1.